The fraction of sp³-hybridized carbons (Fsp3) is 0.889. The molecule has 0 aliphatic rings. The van der Waals surface area contributed by atoms with E-state index in [0.717, 1.165) is 24.4 Å². The molecule has 13 heavy (non-hydrogen) atoms. The van der Waals surface area contributed by atoms with Gasteiger partial charge in [0, 0.05) is 13.6 Å². The van der Waals surface area contributed by atoms with Crippen LogP contribution in [-0.2, 0) is 0 Å². The maximum atomic E-state index is 8.94. The quantitative estimate of drug-likeness (QED) is 0.542. The summed E-state index contributed by atoms with van der Waals surface area (Å²) in [6.45, 7) is 7.43. The van der Waals surface area contributed by atoms with Crippen LogP contribution in [0.3, 0.4) is 0 Å². The van der Waals surface area contributed by atoms with Crippen molar-refractivity contribution >= 4 is 17.3 Å². The van der Waals surface area contributed by atoms with E-state index in [2.05, 4.69) is 26.1 Å². The molecular weight excluding hydrogens is 184 g/mol. The van der Waals surface area contributed by atoms with Crippen molar-refractivity contribution in [2.75, 3.05) is 13.6 Å². The number of hydrogen-bond donors (Lipinski definition) is 2. The van der Waals surface area contributed by atoms with Crippen LogP contribution in [0.2, 0.25) is 0 Å². The number of hydrogen-bond acceptors (Lipinski definition) is 2. The summed E-state index contributed by atoms with van der Waals surface area (Å²) >= 11 is 4.87. The van der Waals surface area contributed by atoms with Crippen LogP contribution in [0.4, 0.5) is 0 Å². The Hall–Kier alpha value is -0.350. The van der Waals surface area contributed by atoms with Crippen LogP contribution in [0, 0.1) is 5.41 Å². The summed E-state index contributed by atoms with van der Waals surface area (Å²) in [4.78, 5) is 0. The van der Waals surface area contributed by atoms with Crippen LogP contribution in [-0.4, -0.2) is 29.0 Å². The van der Waals surface area contributed by atoms with Gasteiger partial charge in [-0.25, -0.2) is 5.06 Å². The van der Waals surface area contributed by atoms with E-state index in [9.17, 15) is 0 Å². The minimum Gasteiger partial charge on any atom is -0.361 e. The maximum absolute atomic E-state index is 8.94. The first-order chi connectivity index (χ1) is 5.89. The van der Waals surface area contributed by atoms with Gasteiger partial charge in [0.05, 0.1) is 0 Å². The first-order valence-corrected chi connectivity index (χ1v) is 5.00. The summed E-state index contributed by atoms with van der Waals surface area (Å²) < 4.78 is 0. The van der Waals surface area contributed by atoms with Crippen LogP contribution < -0.4 is 5.32 Å². The highest BCUT2D eigenvalue weighted by atomic mass is 32.1. The molecule has 0 bridgehead atoms. The van der Waals surface area contributed by atoms with Crippen molar-refractivity contribution in [2.24, 2.45) is 5.41 Å². The zero-order chi connectivity index (χ0) is 10.5. The van der Waals surface area contributed by atoms with Crippen molar-refractivity contribution in [1.29, 1.82) is 0 Å². The van der Waals surface area contributed by atoms with Crippen molar-refractivity contribution in [2.45, 2.75) is 33.6 Å². The van der Waals surface area contributed by atoms with Crippen molar-refractivity contribution in [3.8, 4) is 0 Å². The first-order valence-electron chi connectivity index (χ1n) is 4.59. The number of hydroxylamine groups is 2. The summed E-state index contributed by atoms with van der Waals surface area (Å²) in [6.07, 6.45) is 2.20. The molecule has 0 aromatic carbocycles. The molecule has 0 saturated carbocycles. The second-order valence-electron chi connectivity index (χ2n) is 4.02. The molecule has 0 fully saturated rings. The van der Waals surface area contributed by atoms with Gasteiger partial charge in [0.15, 0.2) is 5.11 Å². The third-order valence-electron chi connectivity index (χ3n) is 2.33. The van der Waals surface area contributed by atoms with E-state index in [1.807, 2.05) is 0 Å². The van der Waals surface area contributed by atoms with E-state index in [0.29, 0.717) is 10.5 Å². The fourth-order valence-corrected chi connectivity index (χ4v) is 0.901. The van der Waals surface area contributed by atoms with Crippen molar-refractivity contribution in [3.05, 3.63) is 0 Å². The van der Waals surface area contributed by atoms with Gasteiger partial charge in [0.25, 0.3) is 0 Å². The summed E-state index contributed by atoms with van der Waals surface area (Å²) in [5, 5.41) is 13.2. The highest BCUT2D eigenvalue weighted by molar-refractivity contribution is 7.80. The third kappa shape index (κ3) is 5.82. The molecule has 0 saturated heterocycles. The molecule has 0 heterocycles. The van der Waals surface area contributed by atoms with Gasteiger partial charge in [-0.3, -0.25) is 5.21 Å². The standard InChI is InChI=1S/C9H20N2OS/c1-5-9(2,3)6-7-10-8(13)11(4)12/h12H,5-7H2,1-4H3,(H,10,13). The van der Waals surface area contributed by atoms with Gasteiger partial charge in [-0.15, -0.1) is 0 Å². The average Bonchev–Trinajstić information content (AvgIpc) is 2.04. The Kier molecular flexibility index (Phi) is 5.25. The van der Waals surface area contributed by atoms with E-state index >= 15 is 0 Å². The largest absolute Gasteiger partial charge is 0.361 e. The lowest BCUT2D eigenvalue weighted by molar-refractivity contribution is 0.0125. The molecule has 0 atom stereocenters. The normalized spacial score (nSPS) is 11.2. The second kappa shape index (κ2) is 5.40. The maximum Gasteiger partial charge on any atom is 0.192 e. The summed E-state index contributed by atoms with van der Waals surface area (Å²) in [6, 6.07) is 0. The number of nitrogens with one attached hydrogen (secondary N) is 1. The molecule has 0 aromatic rings. The molecule has 2 N–H and O–H groups in total. The van der Waals surface area contributed by atoms with Gasteiger partial charge in [-0.05, 0) is 24.1 Å². The van der Waals surface area contributed by atoms with Crippen LogP contribution >= 0.6 is 12.2 Å². The molecule has 0 unspecified atom stereocenters. The second-order valence-corrected chi connectivity index (χ2v) is 4.41. The lowest BCUT2D eigenvalue weighted by atomic mass is 9.87. The Morgan fingerprint density at radius 2 is 2.08 bits per heavy atom. The van der Waals surface area contributed by atoms with E-state index in [-0.39, 0.29) is 0 Å². The van der Waals surface area contributed by atoms with Gasteiger partial charge in [0.2, 0.25) is 0 Å². The zero-order valence-corrected chi connectivity index (χ0v) is 9.74. The van der Waals surface area contributed by atoms with Gasteiger partial charge in [0.1, 0.15) is 0 Å². The molecule has 0 radical (unpaired) electrons. The van der Waals surface area contributed by atoms with Crippen molar-refractivity contribution < 1.29 is 5.21 Å². The first kappa shape index (κ1) is 12.7. The molecule has 0 amide bonds. The molecule has 0 aromatic heterocycles. The Morgan fingerprint density at radius 1 is 1.54 bits per heavy atom. The Balaban J connectivity index is 3.62. The lowest BCUT2D eigenvalue weighted by Crippen LogP contribution is -2.36. The Bertz CT molecular complexity index is 169. The highest BCUT2D eigenvalue weighted by Gasteiger charge is 2.14. The van der Waals surface area contributed by atoms with Crippen LogP contribution in [0.5, 0.6) is 0 Å². The molecule has 3 nitrogen and oxygen atoms in total. The van der Waals surface area contributed by atoms with Gasteiger partial charge >= 0.3 is 0 Å². The Morgan fingerprint density at radius 3 is 2.46 bits per heavy atom. The summed E-state index contributed by atoms with van der Waals surface area (Å²) in [5.41, 5.74) is 0.344. The summed E-state index contributed by atoms with van der Waals surface area (Å²) in [7, 11) is 1.51. The monoisotopic (exact) mass is 204 g/mol. The van der Waals surface area contributed by atoms with E-state index < -0.39 is 0 Å². The predicted octanol–water partition coefficient (Wildman–Crippen LogP) is 2.01. The minimum absolute atomic E-state index is 0.344. The van der Waals surface area contributed by atoms with E-state index in [1.165, 1.54) is 7.05 Å². The number of thiocarbonyl (C=S) groups is 1. The fourth-order valence-electron chi connectivity index (χ4n) is 0.799. The van der Waals surface area contributed by atoms with Crippen LogP contribution in [0.15, 0.2) is 0 Å². The third-order valence-corrected chi connectivity index (χ3v) is 2.74. The number of nitrogens with zero attached hydrogens (tertiary/aromatic N) is 1. The molecule has 78 valence electrons. The molecular formula is C9H20N2OS. The molecule has 0 spiro atoms. The molecule has 4 heteroatoms. The van der Waals surface area contributed by atoms with Crippen LogP contribution in [0.25, 0.3) is 0 Å². The zero-order valence-electron chi connectivity index (χ0n) is 8.92. The van der Waals surface area contributed by atoms with E-state index in [4.69, 9.17) is 17.4 Å². The average molecular weight is 204 g/mol. The van der Waals surface area contributed by atoms with Gasteiger partial charge in [-0.1, -0.05) is 27.2 Å². The SMILES string of the molecule is CCC(C)(C)CCNC(=S)N(C)O. The highest BCUT2D eigenvalue weighted by Crippen LogP contribution is 2.23. The molecule has 0 aliphatic carbocycles. The van der Waals surface area contributed by atoms with Crippen molar-refractivity contribution in [1.82, 2.24) is 10.4 Å². The van der Waals surface area contributed by atoms with E-state index in [1.54, 1.807) is 0 Å². The lowest BCUT2D eigenvalue weighted by Gasteiger charge is -2.23. The minimum atomic E-state index is 0.344. The molecule has 0 aliphatic heterocycles. The van der Waals surface area contributed by atoms with Gasteiger partial charge in [-0.2, -0.15) is 0 Å². The summed E-state index contributed by atoms with van der Waals surface area (Å²) in [5.74, 6) is 0. The van der Waals surface area contributed by atoms with Crippen molar-refractivity contribution in [3.63, 3.8) is 0 Å². The molecule has 0 rings (SSSR count). The number of rotatable bonds is 4. The smallest absolute Gasteiger partial charge is 0.192 e. The predicted molar refractivity (Wildman–Crippen MR) is 58.8 cm³/mol. The topological polar surface area (TPSA) is 35.5 Å². The van der Waals surface area contributed by atoms with Crippen LogP contribution in [0.1, 0.15) is 33.6 Å². The Labute approximate surface area is 86.1 Å². The van der Waals surface area contributed by atoms with Gasteiger partial charge < -0.3 is 5.32 Å².